The van der Waals surface area contributed by atoms with Crippen molar-refractivity contribution in [2.24, 2.45) is 0 Å². The first-order valence-corrected chi connectivity index (χ1v) is 9.72. The molecule has 0 amide bonds. The Balaban J connectivity index is 1.55. The molecule has 2 aromatic carbocycles. The molecule has 0 saturated carbocycles. The lowest BCUT2D eigenvalue weighted by Gasteiger charge is -2.37. The maximum Gasteiger partial charge on any atom is 0.156 e. The molecule has 1 aliphatic heterocycles. The second-order valence-corrected chi connectivity index (χ2v) is 7.74. The molecule has 1 N–H and O–H groups in total. The minimum Gasteiger partial charge on any atom is -0.374 e. The van der Waals surface area contributed by atoms with Crippen molar-refractivity contribution in [3.05, 3.63) is 71.8 Å². The molecule has 5 heteroatoms. The van der Waals surface area contributed by atoms with Gasteiger partial charge in [0.25, 0.3) is 0 Å². The summed E-state index contributed by atoms with van der Waals surface area (Å²) in [6.07, 6.45) is -0.586. The maximum absolute atomic E-state index is 9.93. The van der Waals surface area contributed by atoms with E-state index in [1.165, 1.54) is 0 Å². The van der Waals surface area contributed by atoms with E-state index in [0.29, 0.717) is 26.2 Å². The van der Waals surface area contributed by atoms with Crippen LogP contribution in [0.25, 0.3) is 0 Å². The van der Waals surface area contributed by atoms with Gasteiger partial charge in [0.2, 0.25) is 0 Å². The Labute approximate surface area is 162 Å². The van der Waals surface area contributed by atoms with Crippen molar-refractivity contribution in [3.8, 4) is 0 Å². The fourth-order valence-electron chi connectivity index (χ4n) is 2.87. The van der Waals surface area contributed by atoms with E-state index < -0.39 is 6.29 Å². The molecule has 3 rings (SSSR count). The Kier molecular flexibility index (Phi) is 7.24. The van der Waals surface area contributed by atoms with Crippen molar-refractivity contribution in [1.82, 2.24) is 0 Å². The highest BCUT2D eigenvalue weighted by Gasteiger charge is 2.37. The van der Waals surface area contributed by atoms with Gasteiger partial charge in [-0.25, -0.2) is 0 Å². The van der Waals surface area contributed by atoms with Gasteiger partial charge in [0.1, 0.15) is 6.10 Å². The van der Waals surface area contributed by atoms with Gasteiger partial charge in [-0.3, -0.25) is 0 Å². The summed E-state index contributed by atoms with van der Waals surface area (Å²) in [5, 5.41) is 9.93. The molecule has 134 valence electrons. The van der Waals surface area contributed by atoms with Gasteiger partial charge in [0.15, 0.2) is 6.29 Å². The first-order valence-electron chi connectivity index (χ1n) is 8.47. The quantitative estimate of drug-likeness (QED) is 0.512. The van der Waals surface area contributed by atoms with E-state index in [9.17, 15) is 5.11 Å². The fraction of sp³-hybridized carbons (Fsp3) is 0.400. The molecule has 25 heavy (non-hydrogen) atoms. The van der Waals surface area contributed by atoms with Crippen LogP contribution in [0, 0.1) is 0 Å². The highest BCUT2D eigenvalue weighted by Crippen LogP contribution is 2.28. The number of rotatable bonds is 7. The zero-order valence-electron chi connectivity index (χ0n) is 14.0. The van der Waals surface area contributed by atoms with Gasteiger partial charge in [0, 0.05) is 10.3 Å². The molecule has 0 aliphatic carbocycles. The van der Waals surface area contributed by atoms with Crippen LogP contribution < -0.4 is 0 Å². The van der Waals surface area contributed by atoms with E-state index in [-0.39, 0.29) is 16.1 Å². The molecule has 0 bridgehead atoms. The summed E-state index contributed by atoms with van der Waals surface area (Å²) in [4.78, 5) is 0. The minimum absolute atomic E-state index is 0.111. The lowest BCUT2D eigenvalue weighted by atomic mass is 10.0. The summed E-state index contributed by atoms with van der Waals surface area (Å²) in [5.74, 6) is 0. The highest BCUT2D eigenvalue weighted by molar-refractivity contribution is 14.1. The van der Waals surface area contributed by atoms with Crippen LogP contribution >= 0.6 is 22.6 Å². The van der Waals surface area contributed by atoms with Crippen molar-refractivity contribution in [2.45, 2.75) is 42.1 Å². The van der Waals surface area contributed by atoms with E-state index in [1.54, 1.807) is 0 Å². The highest BCUT2D eigenvalue weighted by atomic mass is 127. The van der Waals surface area contributed by atoms with Gasteiger partial charge in [-0.2, -0.15) is 0 Å². The number of alkyl halides is 1. The smallest absolute Gasteiger partial charge is 0.156 e. The third kappa shape index (κ3) is 5.76. The third-order valence-corrected chi connectivity index (χ3v) is 5.38. The van der Waals surface area contributed by atoms with Gasteiger partial charge in [-0.15, -0.1) is 0 Å². The Hall–Kier alpha value is -0.990. The number of aliphatic hydroxyl groups is 1. The van der Waals surface area contributed by atoms with Gasteiger partial charge in [-0.1, -0.05) is 83.3 Å². The number of hydrogen-bond acceptors (Lipinski definition) is 4. The van der Waals surface area contributed by atoms with E-state index in [4.69, 9.17) is 14.2 Å². The monoisotopic (exact) mass is 454 g/mol. The first-order chi connectivity index (χ1) is 12.2. The maximum atomic E-state index is 9.93. The molecule has 4 nitrogen and oxygen atoms in total. The Morgan fingerprint density at radius 3 is 2.20 bits per heavy atom. The number of benzene rings is 2. The van der Waals surface area contributed by atoms with Crippen molar-refractivity contribution in [1.29, 1.82) is 0 Å². The summed E-state index contributed by atoms with van der Waals surface area (Å²) >= 11 is 2.33. The second-order valence-electron chi connectivity index (χ2n) is 6.14. The van der Waals surface area contributed by atoms with E-state index in [2.05, 4.69) is 22.6 Å². The van der Waals surface area contributed by atoms with E-state index >= 15 is 0 Å². The van der Waals surface area contributed by atoms with Crippen LogP contribution in [-0.4, -0.2) is 34.1 Å². The van der Waals surface area contributed by atoms with E-state index in [0.717, 1.165) is 11.1 Å². The largest absolute Gasteiger partial charge is 0.374 e. The first kappa shape index (κ1) is 18.8. The van der Waals surface area contributed by atoms with Gasteiger partial charge < -0.3 is 19.3 Å². The molecular weight excluding hydrogens is 431 g/mol. The van der Waals surface area contributed by atoms with Crippen LogP contribution in [0.15, 0.2) is 60.7 Å². The topological polar surface area (TPSA) is 47.9 Å². The number of hydrogen-bond donors (Lipinski definition) is 1. The summed E-state index contributed by atoms with van der Waals surface area (Å²) in [6, 6.07) is 20.1. The van der Waals surface area contributed by atoms with Crippen LogP contribution in [-0.2, 0) is 27.4 Å². The lowest BCUT2D eigenvalue weighted by Crippen LogP contribution is -2.49. The van der Waals surface area contributed by atoms with E-state index in [1.807, 2.05) is 60.7 Å². The average molecular weight is 454 g/mol. The van der Waals surface area contributed by atoms with Crippen LogP contribution in [0.4, 0.5) is 0 Å². The van der Waals surface area contributed by atoms with Crippen LogP contribution in [0.1, 0.15) is 17.5 Å². The summed E-state index contributed by atoms with van der Waals surface area (Å²) < 4.78 is 17.8. The molecule has 0 unspecified atom stereocenters. The molecular formula is C20H23IO4. The van der Waals surface area contributed by atoms with Crippen LogP contribution in [0.5, 0.6) is 0 Å². The standard InChI is InChI=1S/C20H23IO4/c21-17-11-19(22)25-18(14-23-12-15-7-3-1-4-8-15)20(17)24-13-16-9-5-2-6-10-16/h1-10,17-20,22H,11-14H2/t17-,18-,19+,20+/m1/s1. The van der Waals surface area contributed by atoms with Gasteiger partial charge in [0.05, 0.1) is 25.9 Å². The lowest BCUT2D eigenvalue weighted by molar-refractivity contribution is -0.220. The molecule has 4 atom stereocenters. The Morgan fingerprint density at radius 1 is 0.960 bits per heavy atom. The molecule has 0 spiro atoms. The normalized spacial score (nSPS) is 26.5. The fourth-order valence-corrected chi connectivity index (χ4v) is 3.98. The Bertz CT molecular complexity index is 622. The molecule has 1 fully saturated rings. The van der Waals surface area contributed by atoms with Crippen molar-refractivity contribution in [2.75, 3.05) is 6.61 Å². The summed E-state index contributed by atoms with van der Waals surface area (Å²) in [6.45, 7) is 1.44. The average Bonchev–Trinajstić information content (AvgIpc) is 2.62. The predicted molar refractivity (Wildman–Crippen MR) is 104 cm³/mol. The van der Waals surface area contributed by atoms with Crippen molar-refractivity contribution < 1.29 is 19.3 Å². The summed E-state index contributed by atoms with van der Waals surface area (Å²) in [5.41, 5.74) is 2.24. The molecule has 1 aliphatic rings. The zero-order valence-corrected chi connectivity index (χ0v) is 16.1. The van der Waals surface area contributed by atoms with Gasteiger partial charge in [-0.05, 0) is 11.1 Å². The molecule has 2 aromatic rings. The third-order valence-electron chi connectivity index (χ3n) is 4.16. The molecule has 1 heterocycles. The van der Waals surface area contributed by atoms with Crippen molar-refractivity contribution >= 4 is 22.6 Å². The number of halogens is 1. The van der Waals surface area contributed by atoms with Crippen LogP contribution in [0.3, 0.4) is 0 Å². The predicted octanol–water partition coefficient (Wildman–Crippen LogP) is 3.70. The zero-order chi connectivity index (χ0) is 17.5. The van der Waals surface area contributed by atoms with Crippen molar-refractivity contribution in [3.63, 3.8) is 0 Å². The van der Waals surface area contributed by atoms with Crippen LogP contribution in [0.2, 0.25) is 0 Å². The summed E-state index contributed by atoms with van der Waals surface area (Å²) in [7, 11) is 0. The van der Waals surface area contributed by atoms with Gasteiger partial charge >= 0.3 is 0 Å². The SMILES string of the molecule is O[C@@H]1C[C@@H](I)[C@H](OCc2ccccc2)[C@@H](COCc2ccccc2)O1. The minimum atomic E-state index is -0.760. The molecule has 1 saturated heterocycles. The molecule has 0 radical (unpaired) electrons. The second kappa shape index (κ2) is 9.64. The number of aliphatic hydroxyl groups excluding tert-OH is 1. The number of ether oxygens (including phenoxy) is 3. The molecule has 0 aromatic heterocycles. The Morgan fingerprint density at radius 2 is 1.56 bits per heavy atom.